The van der Waals surface area contributed by atoms with E-state index in [1.165, 1.54) is 12.5 Å². The molecule has 1 aromatic carbocycles. The molecule has 6 nitrogen and oxygen atoms in total. The number of carbonyl (C=O) groups excluding carboxylic acids is 2. The van der Waals surface area contributed by atoms with Crippen molar-refractivity contribution in [1.29, 1.82) is 0 Å². The van der Waals surface area contributed by atoms with Gasteiger partial charge in [-0.05, 0) is 56.5 Å². The van der Waals surface area contributed by atoms with E-state index in [1.807, 2.05) is 26.0 Å². The second-order valence-corrected chi connectivity index (χ2v) is 7.58. The number of H-pyrrole nitrogens is 1. The molecule has 2 heterocycles. The van der Waals surface area contributed by atoms with Crippen molar-refractivity contribution in [3.8, 4) is 5.75 Å². The summed E-state index contributed by atoms with van der Waals surface area (Å²) < 4.78 is 5.31. The number of hydrogen-bond acceptors (Lipinski definition) is 4. The molecule has 28 heavy (non-hydrogen) atoms. The molecule has 6 heteroatoms. The predicted octanol–water partition coefficient (Wildman–Crippen LogP) is 3.24. The normalized spacial score (nSPS) is 17.4. The van der Waals surface area contributed by atoms with Crippen molar-refractivity contribution in [2.45, 2.75) is 46.2 Å². The van der Waals surface area contributed by atoms with Gasteiger partial charge < -0.3 is 15.0 Å². The Bertz CT molecular complexity index is 872. The average molecular weight is 383 g/mol. The largest absolute Gasteiger partial charge is 0.497 e. The molecule has 0 saturated carbocycles. The van der Waals surface area contributed by atoms with Gasteiger partial charge in [-0.3, -0.25) is 14.5 Å². The van der Waals surface area contributed by atoms with E-state index >= 15 is 0 Å². The fraction of sp³-hybridized carbons (Fsp3) is 0.455. The van der Waals surface area contributed by atoms with Gasteiger partial charge in [0.25, 0.3) is 5.91 Å². The fourth-order valence-electron chi connectivity index (χ4n) is 4.05. The van der Waals surface area contributed by atoms with Crippen LogP contribution in [-0.2, 0) is 6.54 Å². The molecule has 3 rings (SSSR count). The van der Waals surface area contributed by atoms with E-state index in [0.717, 1.165) is 49.5 Å². The van der Waals surface area contributed by atoms with Gasteiger partial charge in [-0.1, -0.05) is 12.1 Å². The Balaban J connectivity index is 1.65. The summed E-state index contributed by atoms with van der Waals surface area (Å²) in [5.74, 6) is 0.702. The minimum atomic E-state index is -0.105. The third-order valence-electron chi connectivity index (χ3n) is 5.40. The van der Waals surface area contributed by atoms with Gasteiger partial charge in [-0.2, -0.15) is 0 Å². The number of methoxy groups -OCH3 is 1. The van der Waals surface area contributed by atoms with Crippen molar-refractivity contribution in [1.82, 2.24) is 15.2 Å². The molecule has 1 aromatic heterocycles. The highest BCUT2D eigenvalue weighted by atomic mass is 16.5. The van der Waals surface area contributed by atoms with E-state index in [9.17, 15) is 9.59 Å². The monoisotopic (exact) mass is 383 g/mol. The number of hydrogen-bond donors (Lipinski definition) is 2. The third-order valence-corrected chi connectivity index (χ3v) is 5.40. The first-order chi connectivity index (χ1) is 13.4. The van der Waals surface area contributed by atoms with Crippen LogP contribution < -0.4 is 10.1 Å². The molecular formula is C22H29N3O3. The van der Waals surface area contributed by atoms with Crippen LogP contribution in [0.25, 0.3) is 0 Å². The lowest BCUT2D eigenvalue weighted by Gasteiger charge is -2.33. The van der Waals surface area contributed by atoms with E-state index in [-0.39, 0.29) is 17.7 Å². The lowest BCUT2D eigenvalue weighted by molar-refractivity contribution is 0.0899. The lowest BCUT2D eigenvalue weighted by Crippen LogP contribution is -2.47. The SMILES string of the molecule is COc1cccc(CN2CCCC(NC(=O)c3c(C)[nH]c(C(C)=O)c3C)C2)c1. The standard InChI is InChI=1S/C22H29N3O3/c1-14-20(15(2)23-21(14)16(3)26)22(27)24-18-8-6-10-25(13-18)12-17-7-5-9-19(11-17)28-4/h5,7,9,11,18,23H,6,8,10,12-13H2,1-4H3,(H,24,27). The number of likely N-dealkylation sites (tertiary alicyclic amines) is 1. The van der Waals surface area contributed by atoms with Crippen molar-refractivity contribution < 1.29 is 14.3 Å². The van der Waals surface area contributed by atoms with E-state index in [1.54, 1.807) is 7.11 Å². The average Bonchev–Trinajstić information content (AvgIpc) is 2.96. The summed E-state index contributed by atoms with van der Waals surface area (Å²) in [4.78, 5) is 30.0. The number of carbonyl (C=O) groups is 2. The van der Waals surface area contributed by atoms with Gasteiger partial charge in [-0.25, -0.2) is 0 Å². The molecule has 1 atom stereocenters. The maximum Gasteiger partial charge on any atom is 0.253 e. The van der Waals surface area contributed by atoms with Crippen molar-refractivity contribution in [3.05, 3.63) is 52.3 Å². The minimum absolute atomic E-state index is 0.0539. The fourth-order valence-corrected chi connectivity index (χ4v) is 4.05. The maximum absolute atomic E-state index is 12.9. The van der Waals surface area contributed by atoms with Crippen LogP contribution >= 0.6 is 0 Å². The van der Waals surface area contributed by atoms with Crippen LogP contribution in [0.3, 0.4) is 0 Å². The van der Waals surface area contributed by atoms with Crippen LogP contribution in [0.15, 0.2) is 24.3 Å². The number of amides is 1. The first-order valence-electron chi connectivity index (χ1n) is 9.75. The number of nitrogens with one attached hydrogen (secondary N) is 2. The summed E-state index contributed by atoms with van der Waals surface area (Å²) in [6, 6.07) is 8.20. The van der Waals surface area contributed by atoms with E-state index in [2.05, 4.69) is 27.3 Å². The molecule has 1 saturated heterocycles. The Morgan fingerprint density at radius 2 is 2.11 bits per heavy atom. The smallest absolute Gasteiger partial charge is 0.253 e. The molecule has 0 spiro atoms. The summed E-state index contributed by atoms with van der Waals surface area (Å²) in [6.07, 6.45) is 2.00. The molecule has 150 valence electrons. The topological polar surface area (TPSA) is 74.4 Å². The van der Waals surface area contributed by atoms with Crippen molar-refractivity contribution in [3.63, 3.8) is 0 Å². The summed E-state index contributed by atoms with van der Waals surface area (Å²) in [6.45, 7) is 7.83. The van der Waals surface area contributed by atoms with Gasteiger partial charge in [0.05, 0.1) is 18.4 Å². The van der Waals surface area contributed by atoms with Crippen LogP contribution in [0.2, 0.25) is 0 Å². The zero-order valence-corrected chi connectivity index (χ0v) is 17.1. The summed E-state index contributed by atoms with van der Waals surface area (Å²) in [5, 5.41) is 3.17. The highest BCUT2D eigenvalue weighted by molar-refractivity contribution is 6.02. The number of Topliss-reactive ketones (excluding diaryl/α,β-unsaturated/α-hetero) is 1. The van der Waals surface area contributed by atoms with E-state index in [4.69, 9.17) is 4.74 Å². The van der Waals surface area contributed by atoms with Crippen molar-refractivity contribution >= 4 is 11.7 Å². The predicted molar refractivity (Wildman–Crippen MR) is 109 cm³/mol. The number of ether oxygens (including phenoxy) is 1. The number of aromatic nitrogens is 1. The first kappa shape index (κ1) is 20.1. The maximum atomic E-state index is 12.9. The van der Waals surface area contributed by atoms with Gasteiger partial charge in [-0.15, -0.1) is 0 Å². The van der Waals surface area contributed by atoms with Gasteiger partial charge >= 0.3 is 0 Å². The third kappa shape index (κ3) is 4.44. The highest BCUT2D eigenvalue weighted by Gasteiger charge is 2.25. The lowest BCUT2D eigenvalue weighted by atomic mass is 10.0. The van der Waals surface area contributed by atoms with E-state index in [0.29, 0.717) is 11.3 Å². The summed E-state index contributed by atoms with van der Waals surface area (Å²) >= 11 is 0. The Labute approximate surface area is 166 Å². The number of aromatic amines is 1. The second-order valence-electron chi connectivity index (χ2n) is 7.58. The number of aryl methyl sites for hydroxylation is 1. The van der Waals surface area contributed by atoms with Crippen molar-refractivity contribution in [2.75, 3.05) is 20.2 Å². The summed E-state index contributed by atoms with van der Waals surface area (Å²) in [5.41, 5.74) is 3.78. The number of piperidine rings is 1. The van der Waals surface area contributed by atoms with Crippen LogP contribution in [-0.4, -0.2) is 47.8 Å². The molecule has 0 bridgehead atoms. The van der Waals surface area contributed by atoms with Gasteiger partial charge in [0.2, 0.25) is 0 Å². The molecular weight excluding hydrogens is 354 g/mol. The van der Waals surface area contributed by atoms with Gasteiger partial charge in [0, 0.05) is 31.7 Å². The molecule has 1 aliphatic heterocycles. The minimum Gasteiger partial charge on any atom is -0.497 e. The highest BCUT2D eigenvalue weighted by Crippen LogP contribution is 2.21. The van der Waals surface area contributed by atoms with Crippen LogP contribution in [0.1, 0.15) is 57.4 Å². The number of rotatable bonds is 6. The Morgan fingerprint density at radius 3 is 2.79 bits per heavy atom. The first-order valence-corrected chi connectivity index (χ1v) is 9.75. The van der Waals surface area contributed by atoms with E-state index < -0.39 is 0 Å². The molecule has 1 unspecified atom stereocenters. The zero-order chi connectivity index (χ0) is 20.3. The quantitative estimate of drug-likeness (QED) is 0.751. The molecule has 0 aliphatic carbocycles. The Kier molecular flexibility index (Phi) is 6.19. The number of ketones is 1. The van der Waals surface area contributed by atoms with Crippen LogP contribution in [0.4, 0.5) is 0 Å². The number of benzene rings is 1. The second kappa shape index (κ2) is 8.61. The van der Waals surface area contributed by atoms with Crippen LogP contribution in [0.5, 0.6) is 5.75 Å². The van der Waals surface area contributed by atoms with Gasteiger partial charge in [0.1, 0.15) is 5.75 Å². The zero-order valence-electron chi connectivity index (χ0n) is 17.1. The molecule has 2 aromatic rings. The Morgan fingerprint density at radius 1 is 1.32 bits per heavy atom. The molecule has 2 N–H and O–H groups in total. The molecule has 0 radical (unpaired) electrons. The molecule has 1 aliphatic rings. The summed E-state index contributed by atoms with van der Waals surface area (Å²) in [7, 11) is 1.67. The number of nitrogens with zero attached hydrogens (tertiary/aromatic N) is 1. The van der Waals surface area contributed by atoms with Crippen molar-refractivity contribution in [2.24, 2.45) is 0 Å². The Hall–Kier alpha value is -2.60. The van der Waals surface area contributed by atoms with Gasteiger partial charge in [0.15, 0.2) is 5.78 Å². The molecule has 1 amide bonds. The van der Waals surface area contributed by atoms with Crippen LogP contribution in [0, 0.1) is 13.8 Å². The molecule has 1 fully saturated rings.